The number of rotatable bonds is 7. The molecule has 0 unspecified atom stereocenters. The highest BCUT2D eigenvalue weighted by Gasteiger charge is 2.30. The molecule has 0 spiro atoms. The standard InChI is InChI=1S/C22H18F3N5O2/c23-22(24,25)32-15-6-4-14(5-7-15)30-20-10-19(17(12-29-20)21(26)31)28-11-13-2-1-3-18-16(13)8-9-27-18/h1-10,12,27H,11H2,(H2,26,31)(H2,28,29,30). The first-order valence-electron chi connectivity index (χ1n) is 9.50. The number of pyridine rings is 1. The number of hydrogen-bond donors (Lipinski definition) is 4. The van der Waals surface area contributed by atoms with Gasteiger partial charge in [-0.1, -0.05) is 12.1 Å². The Bertz CT molecular complexity index is 1250. The molecule has 0 fully saturated rings. The number of benzene rings is 2. The SMILES string of the molecule is NC(=O)c1cnc(Nc2ccc(OC(F)(F)F)cc2)cc1NCc1cccc2[nH]ccc12. The van der Waals surface area contributed by atoms with Crippen LogP contribution in [0.15, 0.2) is 67.0 Å². The first-order chi connectivity index (χ1) is 15.3. The number of fused-ring (bicyclic) bond motifs is 1. The van der Waals surface area contributed by atoms with Crippen LogP contribution in [0.3, 0.4) is 0 Å². The van der Waals surface area contributed by atoms with Crippen molar-refractivity contribution in [3.8, 4) is 5.75 Å². The first kappa shape index (κ1) is 21.0. The number of halogens is 3. The van der Waals surface area contributed by atoms with E-state index >= 15 is 0 Å². The van der Waals surface area contributed by atoms with Crippen molar-refractivity contribution in [3.63, 3.8) is 0 Å². The zero-order valence-corrected chi connectivity index (χ0v) is 16.5. The number of ether oxygens (including phenoxy) is 1. The van der Waals surface area contributed by atoms with Crippen molar-refractivity contribution in [2.24, 2.45) is 5.73 Å². The van der Waals surface area contributed by atoms with Crippen LogP contribution in [0.5, 0.6) is 5.75 Å². The molecule has 4 rings (SSSR count). The number of nitrogens with zero attached hydrogens (tertiary/aromatic N) is 1. The quantitative estimate of drug-likeness (QED) is 0.326. The molecular formula is C22H18F3N5O2. The fourth-order valence-electron chi connectivity index (χ4n) is 3.25. The summed E-state index contributed by atoms with van der Waals surface area (Å²) in [7, 11) is 0. The number of amides is 1. The van der Waals surface area contributed by atoms with Gasteiger partial charge in [0.15, 0.2) is 0 Å². The molecule has 2 aromatic heterocycles. The van der Waals surface area contributed by atoms with Gasteiger partial charge in [-0.05, 0) is 42.0 Å². The number of aromatic amines is 1. The largest absolute Gasteiger partial charge is 0.573 e. The number of carbonyl (C=O) groups excluding carboxylic acids is 1. The molecule has 4 aromatic rings. The Morgan fingerprint density at radius 3 is 2.62 bits per heavy atom. The second kappa shape index (κ2) is 8.50. The lowest BCUT2D eigenvalue weighted by Crippen LogP contribution is -2.17. The van der Waals surface area contributed by atoms with Crippen LogP contribution in [0, 0.1) is 0 Å². The lowest BCUT2D eigenvalue weighted by atomic mass is 10.1. The molecular weight excluding hydrogens is 423 g/mol. The fourth-order valence-corrected chi connectivity index (χ4v) is 3.25. The Morgan fingerprint density at radius 1 is 1.12 bits per heavy atom. The van der Waals surface area contributed by atoms with Crippen molar-refractivity contribution in [3.05, 3.63) is 78.1 Å². The van der Waals surface area contributed by atoms with Gasteiger partial charge in [-0.25, -0.2) is 4.98 Å². The number of nitrogens with one attached hydrogen (secondary N) is 3. The lowest BCUT2D eigenvalue weighted by molar-refractivity contribution is -0.274. The van der Waals surface area contributed by atoms with E-state index in [2.05, 4.69) is 25.3 Å². The lowest BCUT2D eigenvalue weighted by Gasteiger charge is -2.14. The summed E-state index contributed by atoms with van der Waals surface area (Å²) in [6.45, 7) is 0.433. The van der Waals surface area contributed by atoms with E-state index in [9.17, 15) is 18.0 Å². The normalized spacial score (nSPS) is 11.3. The average Bonchev–Trinajstić information content (AvgIpc) is 3.22. The minimum Gasteiger partial charge on any atom is -0.406 e. The Hall–Kier alpha value is -4.21. The maximum Gasteiger partial charge on any atom is 0.573 e. The number of hydrogen-bond acceptors (Lipinski definition) is 5. The van der Waals surface area contributed by atoms with Crippen LogP contribution in [0.25, 0.3) is 10.9 Å². The minimum atomic E-state index is -4.76. The maximum absolute atomic E-state index is 12.3. The maximum atomic E-state index is 12.3. The Balaban J connectivity index is 1.53. The fraction of sp³-hybridized carbons (Fsp3) is 0.0909. The van der Waals surface area contributed by atoms with Gasteiger partial charge >= 0.3 is 6.36 Å². The number of H-pyrrole nitrogens is 1. The Kier molecular flexibility index (Phi) is 5.59. The molecule has 0 saturated heterocycles. The minimum absolute atomic E-state index is 0.214. The van der Waals surface area contributed by atoms with E-state index in [1.54, 1.807) is 6.07 Å². The summed E-state index contributed by atoms with van der Waals surface area (Å²) < 4.78 is 40.8. The van der Waals surface area contributed by atoms with E-state index in [0.29, 0.717) is 23.7 Å². The van der Waals surface area contributed by atoms with Crippen molar-refractivity contribution < 1.29 is 22.7 Å². The van der Waals surface area contributed by atoms with Crippen LogP contribution in [0.1, 0.15) is 15.9 Å². The van der Waals surface area contributed by atoms with E-state index in [0.717, 1.165) is 16.5 Å². The summed E-state index contributed by atoms with van der Waals surface area (Å²) in [5.41, 5.74) is 8.66. The molecule has 7 nitrogen and oxygen atoms in total. The molecule has 10 heteroatoms. The summed E-state index contributed by atoms with van der Waals surface area (Å²) in [4.78, 5) is 19.1. The van der Waals surface area contributed by atoms with Crippen molar-refractivity contribution in [1.82, 2.24) is 9.97 Å². The van der Waals surface area contributed by atoms with Gasteiger partial charge in [0, 0.05) is 41.6 Å². The number of primary amides is 1. The van der Waals surface area contributed by atoms with Gasteiger partial charge in [0.2, 0.25) is 0 Å². The highest BCUT2D eigenvalue weighted by Crippen LogP contribution is 2.27. The highest BCUT2D eigenvalue weighted by atomic mass is 19.4. The number of carbonyl (C=O) groups is 1. The number of aromatic nitrogens is 2. The third-order valence-electron chi connectivity index (χ3n) is 4.68. The van der Waals surface area contributed by atoms with E-state index in [1.807, 2.05) is 30.5 Å². The van der Waals surface area contributed by atoms with Crippen LogP contribution >= 0.6 is 0 Å². The molecule has 2 heterocycles. The summed E-state index contributed by atoms with van der Waals surface area (Å²) in [5.74, 6) is -0.594. The molecule has 0 radical (unpaired) electrons. The van der Waals surface area contributed by atoms with Crippen molar-refractivity contribution in [1.29, 1.82) is 0 Å². The molecule has 32 heavy (non-hydrogen) atoms. The summed E-state index contributed by atoms with van der Waals surface area (Å²) in [6, 6.07) is 14.6. The van der Waals surface area contributed by atoms with Crippen molar-refractivity contribution in [2.75, 3.05) is 10.6 Å². The summed E-state index contributed by atoms with van der Waals surface area (Å²) >= 11 is 0. The van der Waals surface area contributed by atoms with Crippen LogP contribution in [0.2, 0.25) is 0 Å². The molecule has 0 aliphatic heterocycles. The molecule has 1 amide bonds. The smallest absolute Gasteiger partial charge is 0.406 e. The molecule has 0 aliphatic rings. The molecule has 0 bridgehead atoms. The van der Waals surface area contributed by atoms with Crippen LogP contribution in [-0.4, -0.2) is 22.2 Å². The van der Waals surface area contributed by atoms with E-state index < -0.39 is 12.3 Å². The predicted molar refractivity (Wildman–Crippen MR) is 115 cm³/mol. The molecule has 2 aromatic carbocycles. The van der Waals surface area contributed by atoms with Gasteiger partial charge < -0.3 is 26.1 Å². The molecule has 0 saturated carbocycles. The van der Waals surface area contributed by atoms with E-state index in [4.69, 9.17) is 5.73 Å². The third kappa shape index (κ3) is 4.91. The topological polar surface area (TPSA) is 105 Å². The second-order valence-electron chi connectivity index (χ2n) is 6.89. The Morgan fingerprint density at radius 2 is 1.91 bits per heavy atom. The predicted octanol–water partition coefficient (Wildman–Crippen LogP) is 4.92. The van der Waals surface area contributed by atoms with Crippen LogP contribution in [-0.2, 0) is 6.54 Å². The molecule has 164 valence electrons. The van der Waals surface area contributed by atoms with Crippen LogP contribution in [0.4, 0.5) is 30.4 Å². The van der Waals surface area contributed by atoms with Gasteiger partial charge in [-0.2, -0.15) is 0 Å². The number of nitrogens with two attached hydrogens (primary N) is 1. The zero-order chi connectivity index (χ0) is 22.7. The molecule has 0 aliphatic carbocycles. The summed E-state index contributed by atoms with van der Waals surface area (Å²) in [5, 5.41) is 7.24. The van der Waals surface area contributed by atoms with Gasteiger partial charge in [-0.15, -0.1) is 13.2 Å². The molecule has 5 N–H and O–H groups in total. The average molecular weight is 441 g/mol. The van der Waals surface area contributed by atoms with Gasteiger partial charge in [-0.3, -0.25) is 4.79 Å². The Labute approximate surface area is 180 Å². The molecule has 0 atom stereocenters. The van der Waals surface area contributed by atoms with Gasteiger partial charge in [0.05, 0.1) is 11.3 Å². The monoisotopic (exact) mass is 441 g/mol. The van der Waals surface area contributed by atoms with Gasteiger partial charge in [0.25, 0.3) is 5.91 Å². The number of anilines is 3. The van der Waals surface area contributed by atoms with Crippen LogP contribution < -0.4 is 21.1 Å². The summed E-state index contributed by atoms with van der Waals surface area (Å²) in [6.07, 6.45) is -1.57. The second-order valence-corrected chi connectivity index (χ2v) is 6.89. The van der Waals surface area contributed by atoms with Crippen molar-refractivity contribution in [2.45, 2.75) is 12.9 Å². The van der Waals surface area contributed by atoms with Gasteiger partial charge in [0.1, 0.15) is 11.6 Å². The number of alkyl halides is 3. The third-order valence-corrected chi connectivity index (χ3v) is 4.68. The highest BCUT2D eigenvalue weighted by molar-refractivity contribution is 5.98. The van der Waals surface area contributed by atoms with E-state index in [1.165, 1.54) is 30.5 Å². The zero-order valence-electron chi connectivity index (χ0n) is 16.5. The van der Waals surface area contributed by atoms with Crippen molar-refractivity contribution >= 4 is 34.0 Å². The first-order valence-corrected chi connectivity index (χ1v) is 9.50. The van der Waals surface area contributed by atoms with E-state index in [-0.39, 0.29) is 11.3 Å².